The average Bonchev–Trinajstić information content (AvgIpc) is 3.50. The summed E-state index contributed by atoms with van der Waals surface area (Å²) in [7, 11) is 0.345. The molecule has 10 heteroatoms. The van der Waals surface area contributed by atoms with Crippen molar-refractivity contribution >= 4 is 21.9 Å². The Kier molecular flexibility index (Phi) is 8.25. The van der Waals surface area contributed by atoms with Crippen LogP contribution in [0.3, 0.4) is 0 Å². The molecule has 3 atom stereocenters. The van der Waals surface area contributed by atoms with E-state index in [-0.39, 0.29) is 24.3 Å². The number of carbonyl (C=O) groups excluding carboxylic acids is 1. The highest BCUT2D eigenvalue weighted by Gasteiger charge is 2.55. The summed E-state index contributed by atoms with van der Waals surface area (Å²) in [5.74, 6) is 0.491. The second-order valence-electron chi connectivity index (χ2n) is 9.13. The van der Waals surface area contributed by atoms with Gasteiger partial charge in [-0.25, -0.2) is 0 Å². The molecule has 1 saturated heterocycles. The number of benzene rings is 2. The molecule has 0 amide bonds. The van der Waals surface area contributed by atoms with Crippen LogP contribution in [0.4, 0.5) is 5.69 Å². The third-order valence-corrected chi connectivity index (χ3v) is 8.48. The molecule has 1 saturated carbocycles. The van der Waals surface area contributed by atoms with Crippen molar-refractivity contribution in [2.45, 2.75) is 50.6 Å². The van der Waals surface area contributed by atoms with Gasteiger partial charge in [-0.1, -0.05) is 30.3 Å². The number of carbonyl (C=O) groups is 1. The van der Waals surface area contributed by atoms with Gasteiger partial charge in [-0.2, -0.15) is 12.7 Å². The number of unbranched alkanes of at least 4 members (excludes halogenated alkanes) is 1. The highest BCUT2D eigenvalue weighted by molar-refractivity contribution is 7.90. The summed E-state index contributed by atoms with van der Waals surface area (Å²) in [5, 5.41) is 0. The first-order valence-corrected chi connectivity index (χ1v) is 13.6. The van der Waals surface area contributed by atoms with Crippen LogP contribution in [-0.2, 0) is 26.2 Å². The number of nitrogens with zero attached hydrogens (tertiary/aromatic N) is 1. The molecule has 9 nitrogen and oxygen atoms in total. The molecule has 1 aliphatic heterocycles. The van der Waals surface area contributed by atoms with Gasteiger partial charge in [0.1, 0.15) is 6.04 Å². The lowest BCUT2D eigenvalue weighted by Gasteiger charge is -2.32. The molecule has 2 bridgehead atoms. The summed E-state index contributed by atoms with van der Waals surface area (Å²) in [6, 6.07) is 12.1. The van der Waals surface area contributed by atoms with E-state index in [2.05, 4.69) is 16.9 Å². The van der Waals surface area contributed by atoms with Gasteiger partial charge in [-0.05, 0) is 50.0 Å². The number of rotatable bonds is 12. The Morgan fingerprint density at radius 1 is 1.00 bits per heavy atom. The normalized spacial score (nSPS) is 21.2. The molecule has 2 fully saturated rings. The second kappa shape index (κ2) is 11.4. The summed E-state index contributed by atoms with van der Waals surface area (Å²) in [6.07, 6.45) is 4.71. The molecule has 0 unspecified atom stereocenters. The first kappa shape index (κ1) is 26.1. The molecule has 1 heterocycles. The molecule has 0 radical (unpaired) electrons. The number of esters is 1. The zero-order valence-electron chi connectivity index (χ0n) is 20.9. The van der Waals surface area contributed by atoms with Gasteiger partial charge in [0.2, 0.25) is 5.75 Å². The van der Waals surface area contributed by atoms with Crippen molar-refractivity contribution < 1.29 is 32.2 Å². The first-order chi connectivity index (χ1) is 17.4. The highest BCUT2D eigenvalue weighted by Crippen LogP contribution is 2.45. The van der Waals surface area contributed by atoms with Crippen LogP contribution in [0.25, 0.3) is 0 Å². The second-order valence-corrected chi connectivity index (χ2v) is 10.7. The molecule has 0 aromatic heterocycles. The average molecular weight is 519 g/mol. The van der Waals surface area contributed by atoms with E-state index in [0.717, 1.165) is 32.1 Å². The maximum atomic E-state index is 13.5. The predicted molar refractivity (Wildman–Crippen MR) is 136 cm³/mol. The van der Waals surface area contributed by atoms with Gasteiger partial charge in [-0.15, -0.1) is 0 Å². The Morgan fingerprint density at radius 3 is 2.33 bits per heavy atom. The summed E-state index contributed by atoms with van der Waals surface area (Å²) in [6.45, 7) is 0.272. The Morgan fingerprint density at radius 2 is 1.69 bits per heavy atom. The minimum absolute atomic E-state index is 0.0386. The summed E-state index contributed by atoms with van der Waals surface area (Å²) in [5.41, 5.74) is 1.49. The molecule has 4 rings (SSSR count). The lowest BCUT2D eigenvalue weighted by molar-refractivity contribution is -0.149. The standard InChI is InChI=1S/C26H34N2O7S/c1-32-22-16-20(17-23(33-2)25(22)34-3)27-36(30,31)28-21-13-12-19(15-21)24(28)26(29)35-14-8-7-11-18-9-5-4-6-10-18/h4-6,9-10,16-17,19,21,24,27H,7-8,11-15H2,1-3H3/t19-,21+,24-/m0/s1. The van der Waals surface area contributed by atoms with Gasteiger partial charge in [0.25, 0.3) is 0 Å². The number of ether oxygens (including phenoxy) is 4. The van der Waals surface area contributed by atoms with E-state index >= 15 is 0 Å². The Hall–Kier alpha value is -2.98. The van der Waals surface area contributed by atoms with Crippen molar-refractivity contribution in [3.63, 3.8) is 0 Å². The molecular formula is C26H34N2O7S. The number of fused-ring (bicyclic) bond motifs is 2. The molecule has 0 spiro atoms. The van der Waals surface area contributed by atoms with Gasteiger partial charge < -0.3 is 18.9 Å². The predicted octanol–water partition coefficient (Wildman–Crippen LogP) is 3.79. The maximum Gasteiger partial charge on any atom is 0.324 e. The number of hydrogen-bond acceptors (Lipinski definition) is 7. The van der Waals surface area contributed by atoms with E-state index in [9.17, 15) is 13.2 Å². The minimum Gasteiger partial charge on any atom is -0.493 e. The fourth-order valence-electron chi connectivity index (χ4n) is 5.26. The minimum atomic E-state index is -4.05. The van der Waals surface area contributed by atoms with Gasteiger partial charge in [0, 0.05) is 18.2 Å². The van der Waals surface area contributed by atoms with E-state index in [1.807, 2.05) is 18.2 Å². The van der Waals surface area contributed by atoms with Crippen LogP contribution in [-0.4, -0.2) is 58.7 Å². The van der Waals surface area contributed by atoms with Gasteiger partial charge >= 0.3 is 16.2 Å². The lowest BCUT2D eigenvalue weighted by atomic mass is 10.0. The van der Waals surface area contributed by atoms with Crippen molar-refractivity contribution in [3.8, 4) is 17.2 Å². The monoisotopic (exact) mass is 518 g/mol. The number of aryl methyl sites for hydroxylation is 1. The van der Waals surface area contributed by atoms with Crippen LogP contribution < -0.4 is 18.9 Å². The van der Waals surface area contributed by atoms with Crippen LogP contribution in [0.5, 0.6) is 17.2 Å². The Bertz CT molecular complexity index is 1130. The van der Waals surface area contributed by atoms with Crippen LogP contribution in [0.1, 0.15) is 37.7 Å². The van der Waals surface area contributed by atoms with Crippen molar-refractivity contribution in [1.82, 2.24) is 4.31 Å². The number of nitrogens with one attached hydrogen (secondary N) is 1. The SMILES string of the molecule is COc1cc(NS(=O)(=O)N2[C@@H]3CC[C@@H](C3)[C@H]2C(=O)OCCCCc2ccccc2)cc(OC)c1OC. The van der Waals surface area contributed by atoms with Crippen LogP contribution in [0.15, 0.2) is 42.5 Å². The molecule has 196 valence electrons. The molecule has 2 aromatic carbocycles. The van der Waals surface area contributed by atoms with Crippen LogP contribution in [0.2, 0.25) is 0 Å². The third kappa shape index (κ3) is 5.54. The van der Waals surface area contributed by atoms with E-state index in [1.54, 1.807) is 0 Å². The Balaban J connectivity index is 1.42. The third-order valence-electron chi connectivity index (χ3n) is 6.90. The van der Waals surface area contributed by atoms with Gasteiger partial charge in [0.05, 0.1) is 33.6 Å². The van der Waals surface area contributed by atoms with E-state index < -0.39 is 22.2 Å². The number of anilines is 1. The maximum absolute atomic E-state index is 13.5. The lowest BCUT2D eigenvalue weighted by Crippen LogP contribution is -2.51. The van der Waals surface area contributed by atoms with E-state index in [4.69, 9.17) is 18.9 Å². The molecular weight excluding hydrogens is 484 g/mol. The zero-order valence-corrected chi connectivity index (χ0v) is 21.8. The van der Waals surface area contributed by atoms with E-state index in [0.29, 0.717) is 23.7 Å². The molecule has 2 aromatic rings. The fourth-order valence-corrected chi connectivity index (χ4v) is 6.92. The summed E-state index contributed by atoms with van der Waals surface area (Å²) >= 11 is 0. The quantitative estimate of drug-likeness (QED) is 0.337. The van der Waals surface area contributed by atoms with Gasteiger partial charge in [0.15, 0.2) is 11.5 Å². The van der Waals surface area contributed by atoms with Crippen molar-refractivity contribution in [2.75, 3.05) is 32.7 Å². The highest BCUT2D eigenvalue weighted by atomic mass is 32.2. The van der Waals surface area contributed by atoms with Crippen molar-refractivity contribution in [2.24, 2.45) is 5.92 Å². The van der Waals surface area contributed by atoms with Gasteiger partial charge in [-0.3, -0.25) is 9.52 Å². The topological polar surface area (TPSA) is 103 Å². The molecule has 1 aliphatic carbocycles. The van der Waals surface area contributed by atoms with Crippen molar-refractivity contribution in [1.29, 1.82) is 0 Å². The number of piperidine rings is 1. The Labute approximate surface area is 212 Å². The largest absolute Gasteiger partial charge is 0.493 e. The van der Waals surface area contributed by atoms with Crippen LogP contribution >= 0.6 is 0 Å². The molecule has 36 heavy (non-hydrogen) atoms. The summed E-state index contributed by atoms with van der Waals surface area (Å²) < 4.78 is 52.4. The van der Waals surface area contributed by atoms with Crippen molar-refractivity contribution in [3.05, 3.63) is 48.0 Å². The summed E-state index contributed by atoms with van der Waals surface area (Å²) in [4.78, 5) is 13.0. The fraction of sp³-hybridized carbons (Fsp3) is 0.500. The molecule has 1 N–H and O–H groups in total. The number of methoxy groups -OCH3 is 3. The van der Waals surface area contributed by atoms with Crippen LogP contribution in [0, 0.1) is 5.92 Å². The van der Waals surface area contributed by atoms with E-state index in [1.165, 1.54) is 43.3 Å². The zero-order chi connectivity index (χ0) is 25.7. The number of hydrogen-bond donors (Lipinski definition) is 1. The first-order valence-electron chi connectivity index (χ1n) is 12.2. The molecule has 2 aliphatic rings. The smallest absolute Gasteiger partial charge is 0.324 e.